The second-order valence-corrected chi connectivity index (χ2v) is 5.27. The molecule has 1 saturated carbocycles. The number of rotatable bonds is 6. The molecule has 1 amide bonds. The topological polar surface area (TPSA) is 58.6 Å². The third kappa shape index (κ3) is 4.24. The lowest BCUT2D eigenvalue weighted by Gasteiger charge is -2.36. The first-order chi connectivity index (χ1) is 9.07. The normalized spacial score (nSPS) is 16.5. The van der Waals surface area contributed by atoms with Crippen LogP contribution in [0.25, 0.3) is 0 Å². The van der Waals surface area contributed by atoms with E-state index in [0.717, 1.165) is 30.6 Å². The fourth-order valence-corrected chi connectivity index (χ4v) is 2.08. The Bertz CT molecular complexity index is 441. The Kier molecular flexibility index (Phi) is 4.43. The Morgan fingerprint density at radius 3 is 2.89 bits per heavy atom. The maximum absolute atomic E-state index is 11.6. The summed E-state index contributed by atoms with van der Waals surface area (Å²) in [5.41, 5.74) is 0.474. The van der Waals surface area contributed by atoms with Gasteiger partial charge in [-0.05, 0) is 43.9 Å². The lowest BCUT2D eigenvalue weighted by atomic mass is 9.80. The summed E-state index contributed by atoms with van der Waals surface area (Å²) in [5, 5.41) is 12.6. The Labute approximate surface area is 113 Å². The average molecular weight is 263 g/mol. The van der Waals surface area contributed by atoms with E-state index >= 15 is 0 Å². The zero-order valence-electron chi connectivity index (χ0n) is 11.3. The van der Waals surface area contributed by atoms with Crippen LogP contribution in [0.15, 0.2) is 24.3 Å². The first-order valence-electron chi connectivity index (χ1n) is 6.76. The van der Waals surface area contributed by atoms with Gasteiger partial charge in [-0.2, -0.15) is 0 Å². The number of aryl methyl sites for hydroxylation is 1. The number of carbonyl (C=O) groups is 1. The van der Waals surface area contributed by atoms with Crippen LogP contribution in [0.2, 0.25) is 0 Å². The van der Waals surface area contributed by atoms with Crippen molar-refractivity contribution in [3.63, 3.8) is 0 Å². The van der Waals surface area contributed by atoms with Crippen LogP contribution < -0.4 is 10.1 Å². The fraction of sp³-hybridized carbons (Fsp3) is 0.533. The van der Waals surface area contributed by atoms with Crippen molar-refractivity contribution >= 4 is 5.91 Å². The first kappa shape index (κ1) is 13.9. The number of benzene rings is 1. The quantitative estimate of drug-likeness (QED) is 0.822. The van der Waals surface area contributed by atoms with E-state index in [2.05, 4.69) is 5.32 Å². The number of amides is 1. The minimum atomic E-state index is -0.660. The summed E-state index contributed by atoms with van der Waals surface area (Å²) < 4.78 is 5.51. The van der Waals surface area contributed by atoms with Gasteiger partial charge in [0.25, 0.3) is 0 Å². The predicted octanol–water partition coefficient (Wildman–Crippen LogP) is 1.80. The molecule has 0 heterocycles. The SMILES string of the molecule is Cc1cccc(OCCC(=O)NCC2(O)CCC2)c1. The maximum Gasteiger partial charge on any atom is 0.223 e. The van der Waals surface area contributed by atoms with E-state index in [-0.39, 0.29) is 5.91 Å². The second-order valence-electron chi connectivity index (χ2n) is 5.27. The molecule has 4 heteroatoms. The highest BCUT2D eigenvalue weighted by Gasteiger charge is 2.34. The Balaban J connectivity index is 1.63. The predicted molar refractivity (Wildman–Crippen MR) is 73.1 cm³/mol. The smallest absolute Gasteiger partial charge is 0.223 e. The standard InChI is InChI=1S/C15H21NO3/c1-12-4-2-5-13(10-12)19-9-6-14(17)16-11-15(18)7-3-8-15/h2,4-5,10,18H,3,6-9,11H2,1H3,(H,16,17). The first-order valence-corrected chi connectivity index (χ1v) is 6.76. The van der Waals surface area contributed by atoms with Gasteiger partial charge in [-0.25, -0.2) is 0 Å². The van der Waals surface area contributed by atoms with Gasteiger partial charge in [-0.3, -0.25) is 4.79 Å². The largest absolute Gasteiger partial charge is 0.493 e. The molecule has 0 saturated heterocycles. The molecule has 0 radical (unpaired) electrons. The lowest BCUT2D eigenvalue weighted by molar-refractivity contribution is -0.124. The maximum atomic E-state index is 11.6. The van der Waals surface area contributed by atoms with E-state index in [0.29, 0.717) is 19.6 Å². The molecule has 0 bridgehead atoms. The summed E-state index contributed by atoms with van der Waals surface area (Å²) in [4.78, 5) is 11.6. The molecule has 0 atom stereocenters. The molecular weight excluding hydrogens is 242 g/mol. The van der Waals surface area contributed by atoms with Crippen molar-refractivity contribution in [2.75, 3.05) is 13.2 Å². The molecule has 4 nitrogen and oxygen atoms in total. The molecule has 2 N–H and O–H groups in total. The lowest BCUT2D eigenvalue weighted by Crippen LogP contribution is -2.47. The Morgan fingerprint density at radius 1 is 1.47 bits per heavy atom. The minimum Gasteiger partial charge on any atom is -0.493 e. The second kappa shape index (κ2) is 6.06. The molecule has 19 heavy (non-hydrogen) atoms. The number of aliphatic hydroxyl groups is 1. The van der Waals surface area contributed by atoms with Crippen molar-refractivity contribution < 1.29 is 14.6 Å². The van der Waals surface area contributed by atoms with Gasteiger partial charge in [0.1, 0.15) is 5.75 Å². The Morgan fingerprint density at radius 2 is 2.26 bits per heavy atom. The molecule has 0 unspecified atom stereocenters. The molecule has 1 aliphatic rings. The number of nitrogens with one attached hydrogen (secondary N) is 1. The molecule has 1 fully saturated rings. The van der Waals surface area contributed by atoms with E-state index in [1.165, 1.54) is 0 Å². The molecule has 104 valence electrons. The van der Waals surface area contributed by atoms with E-state index in [9.17, 15) is 9.90 Å². The van der Waals surface area contributed by atoms with Crippen molar-refractivity contribution in [2.45, 2.75) is 38.2 Å². The van der Waals surface area contributed by atoms with Gasteiger partial charge in [0.15, 0.2) is 0 Å². The summed E-state index contributed by atoms with van der Waals surface area (Å²) in [5.74, 6) is 0.707. The van der Waals surface area contributed by atoms with Gasteiger partial charge in [0.2, 0.25) is 5.91 Å². The summed E-state index contributed by atoms with van der Waals surface area (Å²) in [6, 6.07) is 7.74. The van der Waals surface area contributed by atoms with E-state index < -0.39 is 5.60 Å². The monoisotopic (exact) mass is 263 g/mol. The summed E-state index contributed by atoms with van der Waals surface area (Å²) in [6.07, 6.45) is 2.92. The molecular formula is C15H21NO3. The molecule has 1 aliphatic carbocycles. The minimum absolute atomic E-state index is 0.0759. The summed E-state index contributed by atoms with van der Waals surface area (Å²) in [6.45, 7) is 2.71. The highest BCUT2D eigenvalue weighted by Crippen LogP contribution is 2.30. The fourth-order valence-electron chi connectivity index (χ4n) is 2.08. The van der Waals surface area contributed by atoms with Crippen molar-refractivity contribution in [3.8, 4) is 5.75 Å². The molecule has 0 spiro atoms. The van der Waals surface area contributed by atoms with Crippen molar-refractivity contribution in [2.24, 2.45) is 0 Å². The van der Waals surface area contributed by atoms with Gasteiger partial charge in [0.05, 0.1) is 18.6 Å². The summed E-state index contributed by atoms with van der Waals surface area (Å²) in [7, 11) is 0. The van der Waals surface area contributed by atoms with E-state index in [1.54, 1.807) is 0 Å². The van der Waals surface area contributed by atoms with Crippen LogP contribution in [0.1, 0.15) is 31.2 Å². The van der Waals surface area contributed by atoms with Crippen molar-refractivity contribution in [3.05, 3.63) is 29.8 Å². The van der Waals surface area contributed by atoms with Crippen LogP contribution in [0.3, 0.4) is 0 Å². The van der Waals surface area contributed by atoms with E-state index in [1.807, 2.05) is 31.2 Å². The molecule has 1 aromatic carbocycles. The van der Waals surface area contributed by atoms with Crippen LogP contribution in [0.5, 0.6) is 5.75 Å². The van der Waals surface area contributed by atoms with Crippen molar-refractivity contribution in [1.29, 1.82) is 0 Å². The third-order valence-electron chi connectivity index (χ3n) is 3.49. The number of ether oxygens (including phenoxy) is 1. The number of carbonyl (C=O) groups excluding carboxylic acids is 1. The molecule has 0 aliphatic heterocycles. The summed E-state index contributed by atoms with van der Waals surface area (Å²) >= 11 is 0. The van der Waals surface area contributed by atoms with Crippen LogP contribution in [0.4, 0.5) is 0 Å². The van der Waals surface area contributed by atoms with Crippen molar-refractivity contribution in [1.82, 2.24) is 5.32 Å². The van der Waals surface area contributed by atoms with Gasteiger partial charge >= 0.3 is 0 Å². The van der Waals surface area contributed by atoms with Gasteiger partial charge in [0, 0.05) is 6.54 Å². The van der Waals surface area contributed by atoms with Gasteiger partial charge in [-0.15, -0.1) is 0 Å². The highest BCUT2D eigenvalue weighted by molar-refractivity contribution is 5.76. The highest BCUT2D eigenvalue weighted by atomic mass is 16.5. The van der Waals surface area contributed by atoms with Crippen LogP contribution in [0, 0.1) is 6.92 Å². The van der Waals surface area contributed by atoms with Gasteiger partial charge < -0.3 is 15.2 Å². The number of hydrogen-bond acceptors (Lipinski definition) is 3. The molecule has 0 aromatic heterocycles. The Hall–Kier alpha value is -1.55. The van der Waals surface area contributed by atoms with Crippen LogP contribution in [-0.2, 0) is 4.79 Å². The third-order valence-corrected chi connectivity index (χ3v) is 3.49. The van der Waals surface area contributed by atoms with Crippen LogP contribution >= 0.6 is 0 Å². The average Bonchev–Trinajstić information content (AvgIpc) is 2.34. The van der Waals surface area contributed by atoms with Gasteiger partial charge in [-0.1, -0.05) is 12.1 Å². The van der Waals surface area contributed by atoms with E-state index in [4.69, 9.17) is 4.74 Å². The molecule has 1 aromatic rings. The van der Waals surface area contributed by atoms with Crippen LogP contribution in [-0.4, -0.2) is 29.8 Å². The number of hydrogen-bond donors (Lipinski definition) is 2. The zero-order chi connectivity index (χ0) is 13.7. The molecule has 2 rings (SSSR count). The zero-order valence-corrected chi connectivity index (χ0v) is 11.3.